The number of fused-ring (bicyclic) bond motifs is 8. The van der Waals surface area contributed by atoms with Gasteiger partial charge in [0.25, 0.3) is 0 Å². The third-order valence-electron chi connectivity index (χ3n) is 16.8. The largest absolute Gasteiger partial charge is 0.376 e. The first-order chi connectivity index (χ1) is 41.2. The van der Waals surface area contributed by atoms with Crippen molar-refractivity contribution in [1.82, 2.24) is 0 Å². The van der Waals surface area contributed by atoms with Crippen molar-refractivity contribution in [2.45, 2.75) is 0 Å². The molecule has 0 bridgehead atoms. The zero-order valence-electron chi connectivity index (χ0n) is 45.3. The molecule has 14 aromatic rings. The minimum atomic E-state index is -0.236. The number of rotatable bonds is 10. The Morgan fingerprint density at radius 3 is 1.31 bits per heavy atom. The van der Waals surface area contributed by atoms with Crippen molar-refractivity contribution in [1.29, 1.82) is 0 Å². The van der Waals surface area contributed by atoms with E-state index in [1.807, 2.05) is 11.3 Å². The van der Waals surface area contributed by atoms with Crippen LogP contribution in [0.3, 0.4) is 0 Å². The lowest BCUT2D eigenvalue weighted by Crippen LogP contribution is -2.61. The summed E-state index contributed by atoms with van der Waals surface area (Å²) in [5.41, 5.74) is 25.7. The Morgan fingerprint density at radius 1 is 0.301 bits per heavy atom. The highest BCUT2D eigenvalue weighted by atomic mass is 32.1. The maximum atomic E-state index is 2.67. The zero-order chi connectivity index (χ0) is 54.8. The van der Waals surface area contributed by atoms with Gasteiger partial charge in [0.05, 0.1) is 10.4 Å². The van der Waals surface area contributed by atoms with E-state index in [-0.39, 0.29) is 6.85 Å². The molecule has 0 fully saturated rings. The fourth-order valence-corrected chi connectivity index (χ4v) is 14.1. The van der Waals surface area contributed by atoms with Crippen LogP contribution in [-0.4, -0.2) is 6.85 Å². The second-order valence-corrected chi connectivity index (χ2v) is 22.7. The molecule has 2 aliphatic heterocycles. The zero-order valence-corrected chi connectivity index (χ0v) is 46.2. The summed E-state index contributed by atoms with van der Waals surface area (Å²) in [5, 5.41) is 2.53. The van der Waals surface area contributed by atoms with Crippen LogP contribution in [0.5, 0.6) is 0 Å². The van der Waals surface area contributed by atoms with Gasteiger partial charge in [0.15, 0.2) is 0 Å². The molecule has 0 radical (unpaired) electrons. The van der Waals surface area contributed by atoms with Crippen molar-refractivity contribution < 1.29 is 0 Å². The molecule has 13 aromatic carbocycles. The van der Waals surface area contributed by atoms with Crippen molar-refractivity contribution in [2.24, 2.45) is 0 Å². The molecule has 16 rings (SSSR count). The average molecular weight is 1070 g/mol. The van der Waals surface area contributed by atoms with Crippen molar-refractivity contribution >= 4 is 94.8 Å². The summed E-state index contributed by atoms with van der Waals surface area (Å²) < 4.78 is 2.55. The molecule has 0 saturated heterocycles. The summed E-state index contributed by atoms with van der Waals surface area (Å²) in [6, 6.07) is 116. The van der Waals surface area contributed by atoms with Crippen LogP contribution in [0.4, 0.5) is 45.5 Å². The Balaban J connectivity index is 0.986. The molecule has 0 aliphatic carbocycles. The third-order valence-corrected chi connectivity index (χ3v) is 18.0. The molecule has 3 heterocycles. The van der Waals surface area contributed by atoms with Crippen LogP contribution >= 0.6 is 11.3 Å². The van der Waals surface area contributed by atoms with Gasteiger partial charge in [0, 0.05) is 60.8 Å². The highest BCUT2D eigenvalue weighted by Crippen LogP contribution is 2.54. The predicted octanol–water partition coefficient (Wildman–Crippen LogP) is 20.6. The van der Waals surface area contributed by atoms with Gasteiger partial charge in [-0.2, -0.15) is 0 Å². The number of nitrogens with zero attached hydrogens (tertiary/aromatic N) is 3. The molecule has 0 N–H and O–H groups in total. The Bertz CT molecular complexity index is 4640. The molecule has 1 aromatic heterocycles. The second kappa shape index (κ2) is 20.3. The minimum Gasteiger partial charge on any atom is -0.376 e. The molecule has 0 atom stereocenters. The average Bonchev–Trinajstić information content (AvgIpc) is 3.98. The number of thiophene rings is 1. The predicted molar refractivity (Wildman–Crippen MR) is 355 cm³/mol. The summed E-state index contributed by atoms with van der Waals surface area (Å²) in [6.45, 7) is -0.236. The van der Waals surface area contributed by atoms with Gasteiger partial charge in [0.2, 0.25) is 0 Å². The van der Waals surface area contributed by atoms with Crippen LogP contribution < -0.4 is 25.5 Å². The van der Waals surface area contributed by atoms with Crippen molar-refractivity contribution in [3.8, 4) is 66.8 Å². The first kappa shape index (κ1) is 48.5. The fourth-order valence-electron chi connectivity index (χ4n) is 12.9. The van der Waals surface area contributed by atoms with Crippen LogP contribution in [0.15, 0.2) is 315 Å². The van der Waals surface area contributed by atoms with E-state index < -0.39 is 0 Å². The van der Waals surface area contributed by atoms with Crippen molar-refractivity contribution in [3.05, 3.63) is 315 Å². The maximum Gasteiger partial charge on any atom is 0.333 e. The van der Waals surface area contributed by atoms with Gasteiger partial charge in [-0.15, -0.1) is 11.3 Å². The van der Waals surface area contributed by atoms with Gasteiger partial charge in [-0.25, -0.2) is 0 Å². The molecular weight excluding hydrogens is 1020 g/mol. The lowest BCUT2D eigenvalue weighted by Gasteiger charge is -2.46. The molecule has 2 aliphatic rings. The van der Waals surface area contributed by atoms with E-state index in [9.17, 15) is 0 Å². The van der Waals surface area contributed by atoms with Gasteiger partial charge >= 0.3 is 6.85 Å². The molecule has 0 spiro atoms. The molecular formula is C78H52BN3S. The highest BCUT2D eigenvalue weighted by Gasteiger charge is 2.46. The van der Waals surface area contributed by atoms with E-state index in [1.54, 1.807) is 0 Å². The second-order valence-electron chi connectivity index (χ2n) is 21.6. The lowest BCUT2D eigenvalue weighted by molar-refractivity contribution is 1.26. The Kier molecular flexibility index (Phi) is 11.8. The first-order valence-corrected chi connectivity index (χ1v) is 29.3. The molecule has 83 heavy (non-hydrogen) atoms. The minimum absolute atomic E-state index is 0.236. The van der Waals surface area contributed by atoms with E-state index in [1.165, 1.54) is 104 Å². The van der Waals surface area contributed by atoms with Crippen LogP contribution in [0.25, 0.3) is 86.9 Å². The molecule has 0 saturated carbocycles. The topological polar surface area (TPSA) is 9.72 Å². The standard InChI is InChI=1S/C78H52BN3S/c1-6-20-53(21-7-1)58-36-41-63(42-37-58)80(64-43-38-59(39-44-64)54-22-8-2-9-23-54)66-45-46-68-70-52-71-69-34-16-17-35-75(69)83-78(71)77-76(70)79(82(73(68)51-66)67-33-19-31-61(49-67)56-26-12-4-13-27-56)72-47-40-62(57-28-14-5-15-29-57)50-74(72)81(77)65-32-18-30-60(48-65)55-24-10-3-11-25-55/h1-52H. The first-order valence-electron chi connectivity index (χ1n) is 28.5. The molecule has 0 unspecified atom stereocenters. The molecule has 388 valence electrons. The Morgan fingerprint density at radius 2 is 0.747 bits per heavy atom. The monoisotopic (exact) mass is 1070 g/mol. The number of hydrogen-bond donors (Lipinski definition) is 0. The van der Waals surface area contributed by atoms with E-state index >= 15 is 0 Å². The summed E-state index contributed by atoms with van der Waals surface area (Å²) in [7, 11) is 0. The maximum absolute atomic E-state index is 2.67. The van der Waals surface area contributed by atoms with Crippen LogP contribution in [-0.2, 0) is 0 Å². The number of benzene rings is 13. The quantitative estimate of drug-likeness (QED) is 0.126. The van der Waals surface area contributed by atoms with Crippen LogP contribution in [0.2, 0.25) is 0 Å². The number of hydrogen-bond acceptors (Lipinski definition) is 4. The van der Waals surface area contributed by atoms with E-state index in [4.69, 9.17) is 0 Å². The summed E-state index contributed by atoms with van der Waals surface area (Å²) in [5.74, 6) is 0. The van der Waals surface area contributed by atoms with Crippen molar-refractivity contribution in [3.63, 3.8) is 0 Å². The van der Waals surface area contributed by atoms with Gasteiger partial charge in [-0.05, 0) is 151 Å². The Labute approximate surface area is 488 Å². The fraction of sp³-hybridized carbons (Fsp3) is 0. The van der Waals surface area contributed by atoms with Gasteiger partial charge in [0.1, 0.15) is 0 Å². The van der Waals surface area contributed by atoms with Gasteiger partial charge in [-0.3, -0.25) is 0 Å². The lowest BCUT2D eigenvalue weighted by atomic mass is 9.43. The molecule has 3 nitrogen and oxygen atoms in total. The van der Waals surface area contributed by atoms with E-state index in [2.05, 4.69) is 330 Å². The van der Waals surface area contributed by atoms with Crippen molar-refractivity contribution in [2.75, 3.05) is 14.6 Å². The SMILES string of the molecule is c1ccc(-c2ccc(N(c3ccc(-c4ccccc4)cc3)c3ccc4c(c3)N(c3cccc(-c5ccccc5)c3)B3c5ccc(-c6ccccc6)cc5N(c5cccc(-c6ccccc6)c5)c5c3c-4cc3c5sc4ccccc43)cc2)cc1. The normalized spacial score (nSPS) is 12.3. The number of anilines is 8. The molecule has 0 amide bonds. The third kappa shape index (κ3) is 8.43. The smallest absolute Gasteiger partial charge is 0.333 e. The van der Waals surface area contributed by atoms with Crippen LogP contribution in [0.1, 0.15) is 0 Å². The van der Waals surface area contributed by atoms with E-state index in [0.29, 0.717) is 0 Å². The van der Waals surface area contributed by atoms with E-state index in [0.717, 1.165) is 39.8 Å². The summed E-state index contributed by atoms with van der Waals surface area (Å²) in [4.78, 5) is 7.71. The summed E-state index contributed by atoms with van der Waals surface area (Å²) in [6.07, 6.45) is 0. The molecule has 5 heteroatoms. The summed E-state index contributed by atoms with van der Waals surface area (Å²) >= 11 is 1.91. The highest BCUT2D eigenvalue weighted by molar-refractivity contribution is 7.26. The Hall–Kier alpha value is -10.5. The van der Waals surface area contributed by atoms with Gasteiger partial charge in [-0.1, -0.05) is 237 Å². The van der Waals surface area contributed by atoms with Crippen LogP contribution in [0, 0.1) is 0 Å². The van der Waals surface area contributed by atoms with Gasteiger partial charge < -0.3 is 14.6 Å².